The number of nitrogens with one attached hydrogen (secondary N) is 1. The Hall–Kier alpha value is -2.07. The number of fused-ring (bicyclic) bond motifs is 2. The lowest BCUT2D eigenvalue weighted by atomic mass is 9.58. The summed E-state index contributed by atoms with van der Waals surface area (Å²) >= 11 is 0. The molecule has 1 aliphatic carbocycles. The van der Waals surface area contributed by atoms with E-state index in [0.29, 0.717) is 12.5 Å². The third-order valence-electron chi connectivity index (χ3n) is 8.14. The van der Waals surface area contributed by atoms with Crippen LogP contribution in [0.5, 0.6) is 0 Å². The Morgan fingerprint density at radius 1 is 1.12 bits per heavy atom. The number of carbonyl (C=O) groups is 2. The highest BCUT2D eigenvalue weighted by Gasteiger charge is 2.69. The number of hydrogen-bond donors (Lipinski definition) is 1. The first kappa shape index (κ1) is 23.7. The Balaban J connectivity index is 1.20. The molecule has 8 atom stereocenters. The molecule has 9 heteroatoms. The van der Waals surface area contributed by atoms with Crippen LogP contribution in [0.2, 0.25) is 0 Å². The summed E-state index contributed by atoms with van der Waals surface area (Å²) in [6.07, 6.45) is 5.62. The van der Waals surface area contributed by atoms with Crippen molar-refractivity contribution in [2.45, 2.75) is 89.8 Å². The Kier molecular flexibility index (Phi) is 6.39. The van der Waals surface area contributed by atoms with E-state index in [9.17, 15) is 9.59 Å². The van der Waals surface area contributed by atoms with Crippen LogP contribution < -0.4 is 5.32 Å². The molecule has 0 aromatic carbocycles. The molecule has 9 nitrogen and oxygen atoms in total. The fraction of sp³-hybridized carbons (Fsp3) is 0.720. The van der Waals surface area contributed by atoms with Crippen LogP contribution in [0.1, 0.15) is 64.9 Å². The van der Waals surface area contributed by atoms with Gasteiger partial charge in [0.05, 0.1) is 6.42 Å². The molecule has 1 aromatic heterocycles. The van der Waals surface area contributed by atoms with Crippen LogP contribution in [0.4, 0.5) is 0 Å². The second-order valence-corrected chi connectivity index (χ2v) is 10.4. The van der Waals surface area contributed by atoms with Crippen molar-refractivity contribution in [1.29, 1.82) is 0 Å². The van der Waals surface area contributed by atoms with Crippen molar-refractivity contribution in [2.24, 2.45) is 23.7 Å². The number of nitrogens with zero attached hydrogens (tertiary/aromatic N) is 1. The minimum Gasteiger partial charge on any atom is -0.435 e. The summed E-state index contributed by atoms with van der Waals surface area (Å²) in [5.41, 5.74) is 0.255. The summed E-state index contributed by atoms with van der Waals surface area (Å²) < 4.78 is 18.3. The monoisotopic (exact) mass is 474 g/mol. The normalized spacial score (nSPS) is 40.7. The van der Waals surface area contributed by atoms with Crippen LogP contribution in [0.15, 0.2) is 24.5 Å². The molecule has 2 bridgehead atoms. The molecule has 1 aromatic rings. The average molecular weight is 475 g/mol. The van der Waals surface area contributed by atoms with Crippen molar-refractivity contribution < 1.29 is 33.6 Å². The smallest absolute Gasteiger partial charge is 0.308 e. The van der Waals surface area contributed by atoms with Gasteiger partial charge in [-0.15, -0.1) is 0 Å². The molecule has 5 fully saturated rings. The van der Waals surface area contributed by atoms with Gasteiger partial charge >= 0.3 is 5.97 Å². The Morgan fingerprint density at radius 3 is 2.71 bits per heavy atom. The van der Waals surface area contributed by atoms with Gasteiger partial charge in [0.15, 0.2) is 11.9 Å². The number of hydrogen-bond acceptors (Lipinski definition) is 8. The summed E-state index contributed by atoms with van der Waals surface area (Å²) in [6, 6.07) is 3.66. The van der Waals surface area contributed by atoms with E-state index >= 15 is 0 Å². The molecule has 8 unspecified atom stereocenters. The van der Waals surface area contributed by atoms with Crippen LogP contribution in [-0.4, -0.2) is 40.8 Å². The third-order valence-corrected chi connectivity index (χ3v) is 8.14. The van der Waals surface area contributed by atoms with Gasteiger partial charge < -0.3 is 19.5 Å². The van der Waals surface area contributed by atoms with E-state index in [1.54, 1.807) is 12.4 Å². The van der Waals surface area contributed by atoms with E-state index in [1.165, 1.54) is 0 Å². The molecule has 1 spiro atoms. The molecule has 1 amide bonds. The van der Waals surface area contributed by atoms with E-state index in [0.717, 1.165) is 31.2 Å². The zero-order valence-electron chi connectivity index (χ0n) is 20.0. The van der Waals surface area contributed by atoms with E-state index in [4.69, 9.17) is 24.0 Å². The second-order valence-electron chi connectivity index (χ2n) is 10.4. The fourth-order valence-electron chi connectivity index (χ4n) is 6.20. The molecule has 4 saturated heterocycles. The van der Waals surface area contributed by atoms with Crippen molar-refractivity contribution in [3.8, 4) is 0 Å². The molecule has 186 valence electrons. The molecular weight excluding hydrogens is 440 g/mol. The van der Waals surface area contributed by atoms with Crippen molar-refractivity contribution in [2.75, 3.05) is 0 Å². The molecule has 0 radical (unpaired) electrons. The van der Waals surface area contributed by atoms with E-state index in [2.05, 4.69) is 17.2 Å². The second kappa shape index (κ2) is 9.18. The van der Waals surface area contributed by atoms with Crippen LogP contribution >= 0.6 is 0 Å². The Labute approximate surface area is 199 Å². The van der Waals surface area contributed by atoms with Crippen molar-refractivity contribution in [3.63, 3.8) is 0 Å². The minimum atomic E-state index is -0.875. The predicted molar refractivity (Wildman–Crippen MR) is 118 cm³/mol. The van der Waals surface area contributed by atoms with Crippen LogP contribution in [0, 0.1) is 23.7 Å². The first-order valence-corrected chi connectivity index (χ1v) is 12.4. The topological polar surface area (TPSA) is 105 Å². The quantitative estimate of drug-likeness (QED) is 0.495. The third kappa shape index (κ3) is 4.23. The number of amides is 1. The lowest BCUT2D eigenvalue weighted by Gasteiger charge is -2.59. The maximum absolute atomic E-state index is 12.6. The SMILES string of the molecule is CC1CCC2C(C)C(OC(=O)CCC(=O)NCc3ccncc3)OC3OC4(C)CCC1C32OO4. The van der Waals surface area contributed by atoms with Gasteiger partial charge in [-0.25, -0.2) is 9.78 Å². The van der Waals surface area contributed by atoms with E-state index in [-0.39, 0.29) is 36.5 Å². The lowest BCUT2D eigenvalue weighted by Crippen LogP contribution is -2.70. The van der Waals surface area contributed by atoms with Crippen LogP contribution in [-0.2, 0) is 40.1 Å². The van der Waals surface area contributed by atoms with Gasteiger partial charge in [-0.2, -0.15) is 0 Å². The highest BCUT2D eigenvalue weighted by Crippen LogP contribution is 2.60. The molecule has 1 saturated carbocycles. The van der Waals surface area contributed by atoms with Gasteiger partial charge in [-0.05, 0) is 55.7 Å². The maximum Gasteiger partial charge on any atom is 0.308 e. The average Bonchev–Trinajstić information content (AvgIpc) is 3.06. The molecule has 1 N–H and O–H groups in total. The van der Waals surface area contributed by atoms with E-state index in [1.807, 2.05) is 26.0 Å². The number of aromatic nitrogens is 1. The Bertz CT molecular complexity index is 914. The van der Waals surface area contributed by atoms with Crippen LogP contribution in [0.3, 0.4) is 0 Å². The summed E-state index contributed by atoms with van der Waals surface area (Å²) in [5.74, 6) is -0.843. The van der Waals surface area contributed by atoms with Gasteiger partial charge in [0, 0.05) is 43.6 Å². The number of carbonyl (C=O) groups excluding carboxylic acids is 2. The Morgan fingerprint density at radius 2 is 1.91 bits per heavy atom. The number of ether oxygens (including phenoxy) is 3. The highest BCUT2D eigenvalue weighted by atomic mass is 17.3. The molecular formula is C25H34N2O7. The van der Waals surface area contributed by atoms with Crippen molar-refractivity contribution >= 4 is 11.9 Å². The van der Waals surface area contributed by atoms with Gasteiger partial charge in [0.1, 0.15) is 0 Å². The fourth-order valence-corrected chi connectivity index (χ4v) is 6.20. The van der Waals surface area contributed by atoms with Gasteiger partial charge in [-0.1, -0.05) is 13.8 Å². The van der Waals surface area contributed by atoms with Crippen molar-refractivity contribution in [3.05, 3.63) is 30.1 Å². The lowest BCUT2D eigenvalue weighted by molar-refractivity contribution is -0.576. The standard InChI is InChI=1S/C25H34N2O7/c1-15-4-5-19-16(2)22(31-23-25(19)18(15)8-11-24(3,32-23)33-34-25)30-21(29)7-6-20(28)27-14-17-9-12-26-13-10-17/h9-10,12-13,15-16,18-19,22-23H,4-8,11,14H2,1-3H3,(H,27,28). The molecule has 4 aliphatic heterocycles. The largest absolute Gasteiger partial charge is 0.435 e. The van der Waals surface area contributed by atoms with E-state index < -0.39 is 29.9 Å². The first-order valence-electron chi connectivity index (χ1n) is 12.4. The summed E-state index contributed by atoms with van der Waals surface area (Å²) in [5, 5.41) is 2.81. The summed E-state index contributed by atoms with van der Waals surface area (Å²) in [7, 11) is 0. The predicted octanol–water partition coefficient (Wildman–Crippen LogP) is 3.23. The minimum absolute atomic E-state index is 0.0208. The molecule has 34 heavy (non-hydrogen) atoms. The number of rotatable bonds is 6. The molecule has 5 heterocycles. The van der Waals surface area contributed by atoms with Crippen LogP contribution in [0.25, 0.3) is 0 Å². The zero-order chi connectivity index (χ0) is 23.9. The maximum atomic E-state index is 12.6. The number of esters is 1. The molecule has 5 aliphatic rings. The summed E-state index contributed by atoms with van der Waals surface area (Å²) in [4.78, 5) is 40.7. The zero-order valence-corrected chi connectivity index (χ0v) is 20.0. The van der Waals surface area contributed by atoms with Gasteiger partial charge in [0.25, 0.3) is 0 Å². The number of pyridine rings is 1. The van der Waals surface area contributed by atoms with Gasteiger partial charge in [-0.3, -0.25) is 14.6 Å². The molecule has 6 rings (SSSR count). The first-order chi connectivity index (χ1) is 16.3. The summed E-state index contributed by atoms with van der Waals surface area (Å²) in [6.45, 7) is 6.55. The van der Waals surface area contributed by atoms with Crippen molar-refractivity contribution in [1.82, 2.24) is 10.3 Å². The van der Waals surface area contributed by atoms with Gasteiger partial charge in [0.2, 0.25) is 18.0 Å². The highest BCUT2D eigenvalue weighted by molar-refractivity contribution is 5.81.